The van der Waals surface area contributed by atoms with Crippen LogP contribution in [0.1, 0.15) is 55.8 Å². The van der Waals surface area contributed by atoms with E-state index in [0.29, 0.717) is 28.1 Å². The molecule has 0 aliphatic heterocycles. The highest BCUT2D eigenvalue weighted by molar-refractivity contribution is 6.43. The fourth-order valence-corrected chi connectivity index (χ4v) is 3.55. The Hall–Kier alpha value is -0.570. The Labute approximate surface area is 137 Å². The summed E-state index contributed by atoms with van der Waals surface area (Å²) in [6, 6.07) is 5.89. The van der Waals surface area contributed by atoms with Crippen LogP contribution in [0.3, 0.4) is 0 Å². The van der Waals surface area contributed by atoms with Crippen molar-refractivity contribution < 1.29 is 4.79 Å². The quantitative estimate of drug-likeness (QED) is 0.667. The summed E-state index contributed by atoms with van der Waals surface area (Å²) in [5.74, 6) is 0.0803. The number of nitrogens with zero attached hydrogens (tertiary/aromatic N) is 1. The predicted molar refractivity (Wildman–Crippen MR) is 89.5 cm³/mol. The van der Waals surface area contributed by atoms with Crippen molar-refractivity contribution in [2.45, 2.75) is 51.5 Å². The monoisotopic (exact) mass is 327 g/mol. The van der Waals surface area contributed by atoms with Gasteiger partial charge >= 0.3 is 0 Å². The molecule has 1 saturated carbocycles. The largest absolute Gasteiger partial charge is 0.300 e. The minimum atomic E-state index is 0.0803. The van der Waals surface area contributed by atoms with Gasteiger partial charge in [0.15, 0.2) is 5.78 Å². The molecular weight excluding hydrogens is 305 g/mol. The summed E-state index contributed by atoms with van der Waals surface area (Å²) >= 11 is 12.1. The normalized spacial score (nSPS) is 16.4. The van der Waals surface area contributed by atoms with Crippen LogP contribution in [0.4, 0.5) is 0 Å². The fraction of sp³-hybridized carbons (Fsp3) is 0.588. The second-order valence-corrected chi connectivity index (χ2v) is 6.48. The lowest BCUT2D eigenvalue weighted by molar-refractivity contribution is 0.0939. The third kappa shape index (κ3) is 4.45. The van der Waals surface area contributed by atoms with E-state index in [1.807, 2.05) is 0 Å². The molecule has 0 spiro atoms. The highest BCUT2D eigenvalue weighted by Gasteiger charge is 2.21. The Morgan fingerprint density at radius 3 is 2.62 bits per heavy atom. The first-order valence-corrected chi connectivity index (χ1v) is 8.60. The summed E-state index contributed by atoms with van der Waals surface area (Å²) < 4.78 is 0. The summed E-state index contributed by atoms with van der Waals surface area (Å²) in [4.78, 5) is 14.8. The lowest BCUT2D eigenvalue weighted by Crippen LogP contribution is -2.38. The molecule has 0 N–H and O–H groups in total. The zero-order valence-electron chi connectivity index (χ0n) is 12.6. The lowest BCUT2D eigenvalue weighted by Gasteiger charge is -2.33. The summed E-state index contributed by atoms with van der Waals surface area (Å²) in [7, 11) is 0. The van der Waals surface area contributed by atoms with Crippen LogP contribution < -0.4 is 0 Å². The van der Waals surface area contributed by atoms with Crippen LogP contribution in [-0.2, 0) is 0 Å². The van der Waals surface area contributed by atoms with Crippen LogP contribution in [0.2, 0.25) is 10.0 Å². The van der Waals surface area contributed by atoms with E-state index in [1.165, 1.54) is 32.1 Å². The maximum absolute atomic E-state index is 12.4. The standard InChI is InChI=1S/C17H23Cl2NO/c1-2-20(13-7-4-3-5-8-13)12-11-16(21)14-9-6-10-15(18)17(14)19/h6,9-10,13H,2-5,7-8,11-12H2,1H3. The van der Waals surface area contributed by atoms with Crippen molar-refractivity contribution in [3.8, 4) is 0 Å². The molecule has 1 aliphatic carbocycles. The first-order valence-electron chi connectivity index (χ1n) is 7.84. The highest BCUT2D eigenvalue weighted by atomic mass is 35.5. The summed E-state index contributed by atoms with van der Waals surface area (Å²) in [6.07, 6.45) is 7.01. The number of rotatable bonds is 6. The van der Waals surface area contributed by atoms with Crippen molar-refractivity contribution >= 4 is 29.0 Å². The van der Waals surface area contributed by atoms with Crippen LogP contribution >= 0.6 is 23.2 Å². The van der Waals surface area contributed by atoms with Gasteiger partial charge in [-0.2, -0.15) is 0 Å². The molecule has 1 aliphatic rings. The summed E-state index contributed by atoms with van der Waals surface area (Å²) in [5, 5.41) is 0.826. The molecule has 0 radical (unpaired) electrons. The van der Waals surface area contributed by atoms with E-state index in [-0.39, 0.29) is 5.78 Å². The molecule has 0 bridgehead atoms. The van der Waals surface area contributed by atoms with Gasteiger partial charge in [0.25, 0.3) is 0 Å². The van der Waals surface area contributed by atoms with Gasteiger partial charge in [-0.25, -0.2) is 0 Å². The van der Waals surface area contributed by atoms with Gasteiger partial charge in [-0.05, 0) is 31.5 Å². The van der Waals surface area contributed by atoms with Gasteiger partial charge in [0.05, 0.1) is 10.0 Å². The first-order chi connectivity index (χ1) is 10.1. The Morgan fingerprint density at radius 2 is 1.95 bits per heavy atom. The Morgan fingerprint density at radius 1 is 1.24 bits per heavy atom. The number of benzene rings is 1. The molecule has 1 aromatic carbocycles. The molecule has 2 nitrogen and oxygen atoms in total. The molecule has 0 heterocycles. The van der Waals surface area contributed by atoms with Crippen molar-refractivity contribution in [2.75, 3.05) is 13.1 Å². The minimum Gasteiger partial charge on any atom is -0.300 e. The molecule has 1 aromatic rings. The second kappa shape index (κ2) is 8.17. The van der Waals surface area contributed by atoms with Gasteiger partial charge in [0.1, 0.15) is 0 Å². The molecule has 2 rings (SSSR count). The van der Waals surface area contributed by atoms with Gasteiger partial charge in [-0.15, -0.1) is 0 Å². The molecule has 116 valence electrons. The van der Waals surface area contributed by atoms with Crippen LogP contribution in [-0.4, -0.2) is 29.8 Å². The van der Waals surface area contributed by atoms with Gasteiger partial charge in [-0.1, -0.05) is 55.5 Å². The fourth-order valence-electron chi connectivity index (χ4n) is 3.14. The second-order valence-electron chi connectivity index (χ2n) is 5.69. The average Bonchev–Trinajstić information content (AvgIpc) is 2.51. The number of hydrogen-bond donors (Lipinski definition) is 0. The maximum atomic E-state index is 12.4. The number of ketones is 1. The third-order valence-electron chi connectivity index (χ3n) is 4.38. The lowest BCUT2D eigenvalue weighted by atomic mass is 9.94. The van der Waals surface area contributed by atoms with Crippen molar-refractivity contribution in [1.82, 2.24) is 4.90 Å². The Balaban J connectivity index is 1.94. The van der Waals surface area contributed by atoms with Gasteiger partial charge in [0, 0.05) is 24.6 Å². The zero-order chi connectivity index (χ0) is 15.2. The zero-order valence-corrected chi connectivity index (χ0v) is 14.1. The van der Waals surface area contributed by atoms with Crippen molar-refractivity contribution in [3.63, 3.8) is 0 Å². The number of Topliss-reactive ketones (excluding diaryl/α,β-unsaturated/α-hetero) is 1. The molecule has 1 fully saturated rings. The number of hydrogen-bond acceptors (Lipinski definition) is 2. The van der Waals surface area contributed by atoms with E-state index in [9.17, 15) is 4.79 Å². The van der Waals surface area contributed by atoms with E-state index >= 15 is 0 Å². The minimum absolute atomic E-state index is 0.0803. The molecule has 21 heavy (non-hydrogen) atoms. The predicted octanol–water partition coefficient (Wildman–Crippen LogP) is 5.22. The number of carbonyl (C=O) groups is 1. The average molecular weight is 328 g/mol. The van der Waals surface area contributed by atoms with E-state index in [1.54, 1.807) is 18.2 Å². The highest BCUT2D eigenvalue weighted by Crippen LogP contribution is 2.27. The first kappa shape index (κ1) is 16.8. The Bertz CT molecular complexity index is 484. The van der Waals surface area contributed by atoms with Crippen molar-refractivity contribution in [2.24, 2.45) is 0 Å². The third-order valence-corrected chi connectivity index (χ3v) is 5.19. The molecular formula is C17H23Cl2NO. The van der Waals surface area contributed by atoms with E-state index in [4.69, 9.17) is 23.2 Å². The molecule has 0 saturated heterocycles. The van der Waals surface area contributed by atoms with E-state index < -0.39 is 0 Å². The van der Waals surface area contributed by atoms with Crippen LogP contribution in [0.25, 0.3) is 0 Å². The molecule has 0 atom stereocenters. The number of halogens is 2. The summed E-state index contributed by atoms with van der Waals surface area (Å²) in [6.45, 7) is 3.98. The molecule has 0 aromatic heterocycles. The number of carbonyl (C=O) groups excluding carboxylic acids is 1. The van der Waals surface area contributed by atoms with Crippen LogP contribution in [0.15, 0.2) is 18.2 Å². The van der Waals surface area contributed by atoms with E-state index in [2.05, 4.69) is 11.8 Å². The smallest absolute Gasteiger partial charge is 0.165 e. The Kier molecular flexibility index (Phi) is 6.53. The summed E-state index contributed by atoms with van der Waals surface area (Å²) in [5.41, 5.74) is 0.545. The van der Waals surface area contributed by atoms with Crippen molar-refractivity contribution in [3.05, 3.63) is 33.8 Å². The maximum Gasteiger partial charge on any atom is 0.165 e. The topological polar surface area (TPSA) is 20.3 Å². The van der Waals surface area contributed by atoms with E-state index in [0.717, 1.165) is 13.1 Å². The molecule has 0 unspecified atom stereocenters. The molecule has 4 heteroatoms. The van der Waals surface area contributed by atoms with Crippen molar-refractivity contribution in [1.29, 1.82) is 0 Å². The van der Waals surface area contributed by atoms with Gasteiger partial charge in [0.2, 0.25) is 0 Å². The van der Waals surface area contributed by atoms with Gasteiger partial charge < -0.3 is 4.90 Å². The SMILES string of the molecule is CCN(CCC(=O)c1cccc(Cl)c1Cl)C1CCCCC1. The van der Waals surface area contributed by atoms with Crippen LogP contribution in [0, 0.1) is 0 Å². The van der Waals surface area contributed by atoms with Gasteiger partial charge in [-0.3, -0.25) is 4.79 Å². The molecule has 0 amide bonds. The van der Waals surface area contributed by atoms with Crippen LogP contribution in [0.5, 0.6) is 0 Å².